The molecule has 2 aromatic carbocycles. The van der Waals surface area contributed by atoms with Crippen molar-refractivity contribution >= 4 is 23.8 Å². The van der Waals surface area contributed by atoms with Crippen molar-refractivity contribution in [1.29, 1.82) is 0 Å². The molecule has 5 unspecified atom stereocenters. The number of amides is 1. The van der Waals surface area contributed by atoms with Gasteiger partial charge in [-0.3, -0.25) is 9.59 Å². The van der Waals surface area contributed by atoms with Crippen LogP contribution < -0.4 is 10.1 Å². The maximum atomic E-state index is 13.2. The topological polar surface area (TPSA) is 161 Å². The van der Waals surface area contributed by atoms with E-state index < -0.39 is 59.2 Å². The van der Waals surface area contributed by atoms with Gasteiger partial charge in [-0.1, -0.05) is 36.4 Å². The number of aliphatic hydroxyl groups is 1. The molecule has 1 spiro atoms. The van der Waals surface area contributed by atoms with Crippen molar-refractivity contribution < 1.29 is 48.3 Å². The lowest BCUT2D eigenvalue weighted by molar-refractivity contribution is -0.176. The summed E-state index contributed by atoms with van der Waals surface area (Å²) in [6, 6.07) is 10.4. The van der Waals surface area contributed by atoms with Crippen LogP contribution >= 0.6 is 0 Å². The van der Waals surface area contributed by atoms with Crippen LogP contribution in [-0.2, 0) is 45.2 Å². The average Bonchev–Trinajstić information content (AvgIpc) is 3.37. The Hall–Kier alpha value is -4.42. The van der Waals surface area contributed by atoms with Crippen molar-refractivity contribution in [3.05, 3.63) is 71.0 Å². The molecule has 7 atom stereocenters. The maximum absolute atomic E-state index is 13.2. The van der Waals surface area contributed by atoms with Crippen molar-refractivity contribution in [2.75, 3.05) is 13.6 Å². The highest BCUT2D eigenvalue weighted by atomic mass is 16.6. The molecule has 0 radical (unpaired) electrons. The standard InChI is InChI=1S/C33H36N2O10/c1-17(34-29(38)26(43-19(3)36)20-8-6-5-7-9-20)30(39)42-18(2)31(40)44-23-12-13-33(41)24-16-21-10-11-22(37)27-25(21)32(33,28(23)45-27)14-15-35(24)4/h5-12,17-18,24,26,28,37,41H,13-16H2,1-4H3,(H,34,38)/t17-,18?,24?,26-,28?,32?,33?/m0/s1. The quantitative estimate of drug-likeness (QED) is 0.292. The van der Waals surface area contributed by atoms with E-state index in [2.05, 4.69) is 10.2 Å². The highest BCUT2D eigenvalue weighted by Crippen LogP contribution is 2.65. The number of aromatic hydroxyl groups is 1. The number of phenols is 1. The molecule has 0 aromatic heterocycles. The number of nitrogens with zero attached hydrogens (tertiary/aromatic N) is 1. The average molecular weight is 621 g/mol. The van der Waals surface area contributed by atoms with E-state index >= 15 is 0 Å². The minimum Gasteiger partial charge on any atom is -0.504 e. The minimum atomic E-state index is -1.36. The number of phenolic OH excluding ortho intramolecular Hbond substituents is 1. The van der Waals surface area contributed by atoms with E-state index in [0.717, 1.165) is 11.1 Å². The van der Waals surface area contributed by atoms with E-state index in [4.69, 9.17) is 18.9 Å². The van der Waals surface area contributed by atoms with E-state index in [9.17, 15) is 29.4 Å². The Kier molecular flexibility index (Phi) is 7.60. The molecule has 2 bridgehead atoms. The molecule has 12 nitrogen and oxygen atoms in total. The summed E-state index contributed by atoms with van der Waals surface area (Å²) in [7, 11) is 1.98. The molecular weight excluding hydrogens is 584 g/mol. The number of nitrogens with one attached hydrogen (secondary N) is 1. The number of likely N-dealkylation sites (tertiary alicyclic amines) is 1. The Balaban J connectivity index is 1.15. The SMILES string of the molecule is CC(=O)O[C@H](C(=O)N[C@@H](C)C(=O)OC(C)C(=O)OC1=CCC2(O)C3Cc4ccc(O)c5c4C2(CCN3C)C1O5)c1ccccc1. The second-order valence-electron chi connectivity index (χ2n) is 12.2. The van der Waals surface area contributed by atoms with Gasteiger partial charge < -0.3 is 39.4 Å². The van der Waals surface area contributed by atoms with Crippen molar-refractivity contribution in [2.24, 2.45) is 0 Å². The Morgan fingerprint density at radius 2 is 1.80 bits per heavy atom. The number of hydrogen-bond donors (Lipinski definition) is 3. The molecule has 1 saturated heterocycles. The van der Waals surface area contributed by atoms with Gasteiger partial charge in [-0.25, -0.2) is 9.59 Å². The van der Waals surface area contributed by atoms with E-state index in [0.29, 0.717) is 24.9 Å². The zero-order valence-electron chi connectivity index (χ0n) is 25.4. The lowest BCUT2D eigenvalue weighted by Crippen LogP contribution is -2.74. The van der Waals surface area contributed by atoms with Gasteiger partial charge in [0.25, 0.3) is 5.91 Å². The molecular formula is C33H36N2O10. The Labute approximate surface area is 259 Å². The van der Waals surface area contributed by atoms with Crippen molar-refractivity contribution in [2.45, 2.75) is 81.4 Å². The Bertz CT molecular complexity index is 1590. The molecule has 12 heteroatoms. The molecule has 2 aromatic rings. The first kappa shape index (κ1) is 30.6. The first-order chi connectivity index (χ1) is 21.4. The number of piperidine rings is 1. The summed E-state index contributed by atoms with van der Waals surface area (Å²) in [5, 5.41) is 25.4. The number of carbonyl (C=O) groups is 4. The van der Waals surface area contributed by atoms with Gasteiger partial charge >= 0.3 is 17.9 Å². The Morgan fingerprint density at radius 3 is 2.51 bits per heavy atom. The molecule has 2 aliphatic carbocycles. The first-order valence-corrected chi connectivity index (χ1v) is 15.0. The van der Waals surface area contributed by atoms with Crippen LogP contribution in [0.4, 0.5) is 0 Å². The van der Waals surface area contributed by atoms with Gasteiger partial charge in [0.1, 0.15) is 11.8 Å². The number of carbonyl (C=O) groups excluding carboxylic acids is 4. The van der Waals surface area contributed by atoms with Crippen LogP contribution in [0.25, 0.3) is 0 Å². The van der Waals surface area contributed by atoms with Crippen LogP contribution in [0.2, 0.25) is 0 Å². The predicted molar refractivity (Wildman–Crippen MR) is 157 cm³/mol. The third-order valence-electron chi connectivity index (χ3n) is 9.53. The van der Waals surface area contributed by atoms with Gasteiger partial charge in [0, 0.05) is 30.5 Å². The van der Waals surface area contributed by atoms with Crippen LogP contribution in [0.3, 0.4) is 0 Å². The van der Waals surface area contributed by atoms with Crippen molar-refractivity contribution in [1.82, 2.24) is 10.2 Å². The fraction of sp³-hybridized carbons (Fsp3) is 0.455. The van der Waals surface area contributed by atoms with Gasteiger partial charge in [0.15, 0.2) is 23.7 Å². The fourth-order valence-corrected chi connectivity index (χ4v) is 7.38. The van der Waals surface area contributed by atoms with E-state index in [1.54, 1.807) is 42.5 Å². The van der Waals surface area contributed by atoms with E-state index in [-0.39, 0.29) is 29.7 Å². The summed E-state index contributed by atoms with van der Waals surface area (Å²) in [6.07, 6.45) is -0.594. The molecule has 238 valence electrons. The second-order valence-corrected chi connectivity index (χ2v) is 12.2. The number of benzene rings is 2. The number of esters is 3. The molecule has 4 aliphatic rings. The lowest BCUT2D eigenvalue weighted by Gasteiger charge is -2.61. The lowest BCUT2D eigenvalue weighted by atomic mass is 9.50. The van der Waals surface area contributed by atoms with Crippen LogP contribution in [0.5, 0.6) is 11.5 Å². The van der Waals surface area contributed by atoms with Gasteiger partial charge in [-0.05, 0) is 58.0 Å². The number of hydrogen-bond acceptors (Lipinski definition) is 11. The molecule has 1 fully saturated rings. The largest absolute Gasteiger partial charge is 0.504 e. The van der Waals surface area contributed by atoms with Gasteiger partial charge in [0.2, 0.25) is 6.10 Å². The molecule has 3 N–H and O–H groups in total. The summed E-state index contributed by atoms with van der Waals surface area (Å²) in [5.74, 6) is -2.78. The normalized spacial score (nSPS) is 27.9. The Morgan fingerprint density at radius 1 is 1.07 bits per heavy atom. The van der Waals surface area contributed by atoms with E-state index in [1.165, 1.54) is 20.8 Å². The number of likely N-dealkylation sites (N-methyl/N-ethyl adjacent to an activating group) is 1. The smallest absolute Gasteiger partial charge is 0.352 e. The fourth-order valence-electron chi connectivity index (χ4n) is 7.38. The van der Waals surface area contributed by atoms with Crippen LogP contribution in [0.15, 0.2) is 54.3 Å². The van der Waals surface area contributed by atoms with Gasteiger partial charge in [-0.15, -0.1) is 0 Å². The zero-order chi connectivity index (χ0) is 32.3. The van der Waals surface area contributed by atoms with Crippen LogP contribution in [0.1, 0.15) is 56.4 Å². The third kappa shape index (κ3) is 4.83. The van der Waals surface area contributed by atoms with E-state index in [1.807, 2.05) is 13.1 Å². The highest BCUT2D eigenvalue weighted by Gasteiger charge is 2.72. The predicted octanol–water partition coefficient (Wildman–Crippen LogP) is 1.95. The molecule has 2 heterocycles. The van der Waals surface area contributed by atoms with Gasteiger partial charge in [-0.2, -0.15) is 0 Å². The van der Waals surface area contributed by atoms with Gasteiger partial charge in [0.05, 0.1) is 11.0 Å². The first-order valence-electron chi connectivity index (χ1n) is 15.0. The summed E-state index contributed by atoms with van der Waals surface area (Å²) in [6.45, 7) is 4.57. The summed E-state index contributed by atoms with van der Waals surface area (Å²) in [5.41, 5.74) is -0.0116. The summed E-state index contributed by atoms with van der Waals surface area (Å²) < 4.78 is 22.6. The molecule has 0 saturated carbocycles. The molecule has 45 heavy (non-hydrogen) atoms. The van der Waals surface area contributed by atoms with Crippen molar-refractivity contribution in [3.63, 3.8) is 0 Å². The number of ether oxygens (including phenoxy) is 4. The minimum absolute atomic E-state index is 0.0514. The highest BCUT2D eigenvalue weighted by molar-refractivity contribution is 5.89. The molecule has 2 aliphatic heterocycles. The van der Waals surface area contributed by atoms with Crippen LogP contribution in [0, 0.1) is 0 Å². The van der Waals surface area contributed by atoms with Crippen molar-refractivity contribution in [3.8, 4) is 11.5 Å². The summed E-state index contributed by atoms with van der Waals surface area (Å²) in [4.78, 5) is 52.8. The zero-order valence-corrected chi connectivity index (χ0v) is 25.4. The summed E-state index contributed by atoms with van der Waals surface area (Å²) >= 11 is 0. The van der Waals surface area contributed by atoms with Crippen LogP contribution in [-0.4, -0.2) is 82.4 Å². The molecule has 6 rings (SSSR count). The maximum Gasteiger partial charge on any atom is 0.352 e. The monoisotopic (exact) mass is 620 g/mol. The number of rotatable bonds is 8. The third-order valence-corrected chi connectivity index (χ3v) is 9.53. The second kappa shape index (κ2) is 11.2. The molecule has 1 amide bonds.